The molecule has 0 aliphatic heterocycles. The van der Waals surface area contributed by atoms with Crippen LogP contribution < -0.4 is 10.2 Å². The number of rotatable bonds is 1. The fourth-order valence-electron chi connectivity index (χ4n) is 2.79. The molecular formula is C18H19NO2. The van der Waals surface area contributed by atoms with Crippen LogP contribution in [0.2, 0.25) is 0 Å². The summed E-state index contributed by atoms with van der Waals surface area (Å²) in [5, 5.41) is 1.39. The summed E-state index contributed by atoms with van der Waals surface area (Å²) in [6, 6.07) is 11.4. The van der Waals surface area contributed by atoms with Crippen LogP contribution >= 0.6 is 0 Å². The maximum atomic E-state index is 12.8. The van der Waals surface area contributed by atoms with E-state index in [1.807, 2.05) is 30.3 Å². The topological polar surface area (TPSA) is 42.1 Å². The molecule has 21 heavy (non-hydrogen) atoms. The van der Waals surface area contributed by atoms with Crippen molar-refractivity contribution < 1.29 is 4.74 Å². The number of pyridine rings is 1. The van der Waals surface area contributed by atoms with Crippen LogP contribution in [0.3, 0.4) is 0 Å². The highest BCUT2D eigenvalue weighted by atomic mass is 16.5. The third kappa shape index (κ3) is 2.09. The van der Waals surface area contributed by atoms with Crippen LogP contribution in [-0.4, -0.2) is 12.1 Å². The van der Waals surface area contributed by atoms with E-state index in [2.05, 4.69) is 31.8 Å². The minimum Gasteiger partial charge on any atom is -0.495 e. The van der Waals surface area contributed by atoms with Gasteiger partial charge < -0.3 is 9.72 Å². The monoisotopic (exact) mass is 281 g/mol. The van der Waals surface area contributed by atoms with E-state index >= 15 is 0 Å². The average molecular weight is 281 g/mol. The Bertz CT molecular complexity index is 885. The molecular weight excluding hydrogens is 262 g/mol. The van der Waals surface area contributed by atoms with Crippen molar-refractivity contribution in [3.05, 3.63) is 52.2 Å². The van der Waals surface area contributed by atoms with Crippen molar-refractivity contribution in [1.29, 1.82) is 0 Å². The van der Waals surface area contributed by atoms with Crippen molar-refractivity contribution in [2.75, 3.05) is 7.11 Å². The molecule has 3 heteroatoms. The molecule has 0 unspecified atom stereocenters. The quantitative estimate of drug-likeness (QED) is 0.685. The third-order valence-electron chi connectivity index (χ3n) is 3.86. The number of hydrogen-bond donors (Lipinski definition) is 1. The van der Waals surface area contributed by atoms with Crippen molar-refractivity contribution in [3.63, 3.8) is 0 Å². The number of hydrogen-bond acceptors (Lipinski definition) is 2. The number of methoxy groups -OCH3 is 1. The Balaban J connectivity index is 2.55. The smallest absolute Gasteiger partial charge is 0.197 e. The molecule has 0 spiro atoms. The molecule has 3 rings (SSSR count). The molecule has 1 N–H and O–H groups in total. The van der Waals surface area contributed by atoms with E-state index in [9.17, 15) is 4.79 Å². The van der Waals surface area contributed by atoms with Crippen LogP contribution in [0, 0.1) is 0 Å². The van der Waals surface area contributed by atoms with Gasteiger partial charge in [0.1, 0.15) is 5.75 Å². The molecule has 1 heterocycles. The number of aromatic amines is 1. The first kappa shape index (κ1) is 13.7. The molecule has 0 saturated carbocycles. The predicted molar refractivity (Wildman–Crippen MR) is 87.3 cm³/mol. The second-order valence-corrected chi connectivity index (χ2v) is 6.32. The fraction of sp³-hybridized carbons (Fsp3) is 0.278. The molecule has 0 aliphatic carbocycles. The standard InChI is InChI=1S/C18H19NO2/c1-18(2,3)13-9-5-7-11-15(13)19-16-12(17(11)20)8-6-10-14(16)21-4/h5-10H,1-4H3,(H,19,20). The summed E-state index contributed by atoms with van der Waals surface area (Å²) >= 11 is 0. The molecule has 0 aliphatic rings. The molecule has 0 saturated heterocycles. The molecule has 0 bridgehead atoms. The van der Waals surface area contributed by atoms with Gasteiger partial charge in [-0.1, -0.05) is 39.0 Å². The Labute approximate surface area is 123 Å². The summed E-state index contributed by atoms with van der Waals surface area (Å²) in [5.74, 6) is 0.690. The largest absolute Gasteiger partial charge is 0.495 e. The second-order valence-electron chi connectivity index (χ2n) is 6.32. The lowest BCUT2D eigenvalue weighted by Crippen LogP contribution is -2.14. The molecule has 0 atom stereocenters. The van der Waals surface area contributed by atoms with E-state index in [4.69, 9.17) is 4.74 Å². The predicted octanol–water partition coefficient (Wildman–Crippen LogP) is 3.99. The summed E-state index contributed by atoms with van der Waals surface area (Å²) in [6.07, 6.45) is 0. The summed E-state index contributed by atoms with van der Waals surface area (Å²) in [7, 11) is 1.62. The van der Waals surface area contributed by atoms with E-state index in [0.717, 1.165) is 22.0 Å². The van der Waals surface area contributed by atoms with Crippen LogP contribution in [0.15, 0.2) is 41.2 Å². The Hall–Kier alpha value is -2.29. The number of fused-ring (bicyclic) bond motifs is 2. The van der Waals surface area contributed by atoms with Crippen LogP contribution in [0.5, 0.6) is 5.75 Å². The van der Waals surface area contributed by atoms with E-state index in [1.165, 1.54) is 0 Å². The van der Waals surface area contributed by atoms with Crippen molar-refractivity contribution in [1.82, 2.24) is 4.98 Å². The van der Waals surface area contributed by atoms with Gasteiger partial charge in [0.25, 0.3) is 0 Å². The zero-order valence-electron chi connectivity index (χ0n) is 12.8. The highest BCUT2D eigenvalue weighted by Gasteiger charge is 2.19. The lowest BCUT2D eigenvalue weighted by atomic mass is 9.85. The van der Waals surface area contributed by atoms with Gasteiger partial charge in [-0.25, -0.2) is 0 Å². The van der Waals surface area contributed by atoms with Gasteiger partial charge in [-0.15, -0.1) is 0 Å². The number of ether oxygens (including phenoxy) is 1. The van der Waals surface area contributed by atoms with Gasteiger partial charge in [-0.2, -0.15) is 0 Å². The molecule has 0 radical (unpaired) electrons. The molecule has 2 aromatic carbocycles. The molecule has 0 fully saturated rings. The number of nitrogens with one attached hydrogen (secondary N) is 1. The van der Waals surface area contributed by atoms with Crippen LogP contribution in [0.4, 0.5) is 0 Å². The van der Waals surface area contributed by atoms with Gasteiger partial charge in [0.15, 0.2) is 5.43 Å². The zero-order valence-corrected chi connectivity index (χ0v) is 12.8. The summed E-state index contributed by atoms with van der Waals surface area (Å²) in [6.45, 7) is 6.44. The van der Waals surface area contributed by atoms with Crippen molar-refractivity contribution in [2.24, 2.45) is 0 Å². The summed E-state index contributed by atoms with van der Waals surface area (Å²) < 4.78 is 5.39. The van der Waals surface area contributed by atoms with Crippen molar-refractivity contribution in [3.8, 4) is 5.75 Å². The Kier molecular flexibility index (Phi) is 3.01. The summed E-state index contributed by atoms with van der Waals surface area (Å²) in [4.78, 5) is 16.2. The van der Waals surface area contributed by atoms with Gasteiger partial charge in [0, 0.05) is 10.8 Å². The minimum atomic E-state index is -0.0435. The highest BCUT2D eigenvalue weighted by Crippen LogP contribution is 2.30. The molecule has 3 aromatic rings. The normalized spacial score (nSPS) is 12.0. The van der Waals surface area contributed by atoms with Crippen molar-refractivity contribution in [2.45, 2.75) is 26.2 Å². The molecule has 0 amide bonds. The zero-order chi connectivity index (χ0) is 15.2. The van der Waals surface area contributed by atoms with E-state index < -0.39 is 0 Å². The average Bonchev–Trinajstić information content (AvgIpc) is 2.45. The van der Waals surface area contributed by atoms with Gasteiger partial charge in [0.2, 0.25) is 0 Å². The second kappa shape index (κ2) is 4.62. The third-order valence-corrected chi connectivity index (χ3v) is 3.86. The lowest BCUT2D eigenvalue weighted by molar-refractivity contribution is 0.419. The maximum Gasteiger partial charge on any atom is 0.197 e. The van der Waals surface area contributed by atoms with Gasteiger partial charge in [-0.3, -0.25) is 4.79 Å². The van der Waals surface area contributed by atoms with Crippen LogP contribution in [0.25, 0.3) is 21.8 Å². The lowest BCUT2D eigenvalue weighted by Gasteiger charge is -2.21. The Morgan fingerprint density at radius 3 is 2.19 bits per heavy atom. The number of para-hydroxylation sites is 2. The minimum absolute atomic E-state index is 0.0435. The summed E-state index contributed by atoms with van der Waals surface area (Å²) in [5.41, 5.74) is 2.79. The first-order chi connectivity index (χ1) is 9.93. The number of H-pyrrole nitrogens is 1. The number of benzene rings is 2. The Morgan fingerprint density at radius 1 is 0.952 bits per heavy atom. The van der Waals surface area contributed by atoms with Gasteiger partial charge in [-0.05, 0) is 29.2 Å². The molecule has 3 nitrogen and oxygen atoms in total. The molecule has 108 valence electrons. The van der Waals surface area contributed by atoms with Gasteiger partial charge in [0.05, 0.1) is 18.1 Å². The highest BCUT2D eigenvalue weighted by molar-refractivity contribution is 5.96. The van der Waals surface area contributed by atoms with E-state index in [0.29, 0.717) is 11.1 Å². The van der Waals surface area contributed by atoms with Gasteiger partial charge >= 0.3 is 0 Å². The van der Waals surface area contributed by atoms with E-state index in [1.54, 1.807) is 7.11 Å². The van der Waals surface area contributed by atoms with Crippen molar-refractivity contribution >= 4 is 21.8 Å². The van der Waals surface area contributed by atoms with E-state index in [-0.39, 0.29) is 10.8 Å². The van der Waals surface area contributed by atoms with Crippen LogP contribution in [0.1, 0.15) is 26.3 Å². The maximum absolute atomic E-state index is 12.8. The number of aromatic nitrogens is 1. The first-order valence-corrected chi connectivity index (χ1v) is 7.05. The first-order valence-electron chi connectivity index (χ1n) is 7.05. The SMILES string of the molecule is COc1cccc2c(=O)c3cccc(C(C)(C)C)c3[nH]c12. The Morgan fingerprint density at radius 2 is 1.57 bits per heavy atom. The fourth-order valence-corrected chi connectivity index (χ4v) is 2.79. The molecule has 1 aromatic heterocycles. The van der Waals surface area contributed by atoms with Crippen LogP contribution in [-0.2, 0) is 5.41 Å².